The molecule has 0 unspecified atom stereocenters. The summed E-state index contributed by atoms with van der Waals surface area (Å²) in [5, 5.41) is 11.0. The lowest BCUT2D eigenvalue weighted by molar-refractivity contribution is 0.306. The molecule has 0 aliphatic rings. The zero-order valence-corrected chi connectivity index (χ0v) is 19.6. The second-order valence-electron chi connectivity index (χ2n) is 7.40. The van der Waals surface area contributed by atoms with E-state index in [1.165, 1.54) is 12.5 Å². The van der Waals surface area contributed by atoms with E-state index in [9.17, 15) is 5.26 Å². The van der Waals surface area contributed by atoms with Crippen molar-refractivity contribution in [2.45, 2.75) is 6.61 Å². The van der Waals surface area contributed by atoms with Crippen LogP contribution in [-0.4, -0.2) is 6.21 Å². The van der Waals surface area contributed by atoms with Crippen LogP contribution in [-0.2, 0) is 6.61 Å². The molecule has 3 aromatic heterocycles. The molecule has 5 rings (SSSR count). The van der Waals surface area contributed by atoms with Crippen molar-refractivity contribution in [2.24, 2.45) is 4.99 Å². The number of hydrogen-bond donors (Lipinski definition) is 0. The van der Waals surface area contributed by atoms with E-state index >= 15 is 0 Å². The molecule has 0 saturated carbocycles. The number of benzene rings is 2. The van der Waals surface area contributed by atoms with Gasteiger partial charge in [-0.25, -0.2) is 4.99 Å². The molecule has 8 heteroatoms. The molecule has 35 heavy (non-hydrogen) atoms. The van der Waals surface area contributed by atoms with Crippen LogP contribution < -0.4 is 4.74 Å². The maximum atomic E-state index is 9.84. The summed E-state index contributed by atoms with van der Waals surface area (Å²) in [6, 6.07) is 21.8. The van der Waals surface area contributed by atoms with Crippen molar-refractivity contribution in [3.05, 3.63) is 106 Å². The minimum absolute atomic E-state index is 0.156. The van der Waals surface area contributed by atoms with Crippen molar-refractivity contribution in [3.8, 4) is 34.7 Å². The lowest BCUT2D eigenvalue weighted by atomic mass is 10.1. The van der Waals surface area contributed by atoms with Crippen LogP contribution in [0.1, 0.15) is 16.7 Å². The van der Waals surface area contributed by atoms with E-state index in [0.717, 1.165) is 11.1 Å². The zero-order valence-electron chi connectivity index (χ0n) is 18.1. The van der Waals surface area contributed by atoms with Gasteiger partial charge in [-0.1, -0.05) is 29.3 Å². The predicted octanol–water partition coefficient (Wildman–Crippen LogP) is 8.31. The molecule has 0 radical (unpaired) electrons. The second-order valence-corrected chi connectivity index (χ2v) is 8.25. The van der Waals surface area contributed by atoms with E-state index < -0.39 is 0 Å². The lowest BCUT2D eigenvalue weighted by Crippen LogP contribution is -1.96. The highest BCUT2D eigenvalue weighted by Gasteiger charge is 2.26. The third-order valence-corrected chi connectivity index (χ3v) is 5.72. The first-order chi connectivity index (χ1) is 17.1. The lowest BCUT2D eigenvalue weighted by Gasteiger charge is -2.08. The maximum Gasteiger partial charge on any atom is 0.238 e. The van der Waals surface area contributed by atoms with Gasteiger partial charge in [0.2, 0.25) is 5.88 Å². The third kappa shape index (κ3) is 4.87. The number of furan rings is 3. The minimum Gasteiger partial charge on any atom is -0.489 e. The molecule has 0 saturated heterocycles. The van der Waals surface area contributed by atoms with E-state index in [4.69, 9.17) is 41.2 Å². The van der Waals surface area contributed by atoms with Gasteiger partial charge in [0.05, 0.1) is 18.1 Å². The van der Waals surface area contributed by atoms with Crippen LogP contribution >= 0.6 is 23.2 Å². The molecular formula is C27H16Cl2N2O4. The molecule has 0 fully saturated rings. The summed E-state index contributed by atoms with van der Waals surface area (Å²) in [4.78, 5) is 4.42. The summed E-state index contributed by atoms with van der Waals surface area (Å²) in [5.41, 5.74) is 2.37. The van der Waals surface area contributed by atoms with Crippen LogP contribution in [0.15, 0.2) is 97.5 Å². The van der Waals surface area contributed by atoms with Gasteiger partial charge in [-0.2, -0.15) is 5.26 Å². The molecule has 0 aliphatic heterocycles. The van der Waals surface area contributed by atoms with Crippen LogP contribution in [0.3, 0.4) is 0 Å². The van der Waals surface area contributed by atoms with Crippen molar-refractivity contribution < 1.29 is 18.0 Å². The van der Waals surface area contributed by atoms with Crippen molar-refractivity contribution >= 4 is 35.3 Å². The molecule has 0 aliphatic carbocycles. The fourth-order valence-corrected chi connectivity index (χ4v) is 3.90. The summed E-state index contributed by atoms with van der Waals surface area (Å²) in [6.07, 6.45) is 4.67. The molecule has 2 aromatic carbocycles. The Morgan fingerprint density at radius 2 is 1.69 bits per heavy atom. The molecule has 6 nitrogen and oxygen atoms in total. The quantitative estimate of drug-likeness (QED) is 0.209. The molecular weight excluding hydrogens is 487 g/mol. The summed E-state index contributed by atoms with van der Waals surface area (Å²) in [7, 11) is 0. The molecule has 5 aromatic rings. The number of ether oxygens (including phenoxy) is 1. The van der Waals surface area contributed by atoms with Gasteiger partial charge in [-0.3, -0.25) is 0 Å². The van der Waals surface area contributed by atoms with Crippen molar-refractivity contribution in [2.75, 3.05) is 0 Å². The predicted molar refractivity (Wildman–Crippen MR) is 133 cm³/mol. The van der Waals surface area contributed by atoms with Crippen LogP contribution in [0.2, 0.25) is 10.0 Å². The van der Waals surface area contributed by atoms with Gasteiger partial charge in [0.15, 0.2) is 11.5 Å². The fourth-order valence-electron chi connectivity index (χ4n) is 3.43. The molecule has 0 amide bonds. The van der Waals surface area contributed by atoms with Gasteiger partial charge in [0, 0.05) is 21.8 Å². The minimum atomic E-state index is 0.156. The summed E-state index contributed by atoms with van der Waals surface area (Å²) in [5.74, 6) is 2.16. The SMILES string of the molecule is N#Cc1c(N=Cc2ccc(OCc3ccc(Cl)cc3Cl)cc2)oc(-c2ccco2)c1-c1ccco1. The van der Waals surface area contributed by atoms with Crippen LogP contribution in [0, 0.1) is 11.3 Å². The van der Waals surface area contributed by atoms with Crippen LogP contribution in [0.5, 0.6) is 5.75 Å². The third-order valence-electron chi connectivity index (χ3n) is 5.13. The van der Waals surface area contributed by atoms with Crippen molar-refractivity contribution in [1.82, 2.24) is 0 Å². The standard InChI is InChI=1S/C27H16Cl2N2O4/c28-19-8-7-18(22(29)13-19)16-34-20-9-5-17(6-10-20)15-31-27-21(14-30)25(23-3-1-11-32-23)26(35-27)24-4-2-12-33-24/h1-13,15H,16H2. The van der Waals surface area contributed by atoms with Crippen LogP contribution in [0.4, 0.5) is 5.88 Å². The van der Waals surface area contributed by atoms with E-state index in [2.05, 4.69) is 11.1 Å². The Balaban J connectivity index is 1.37. The monoisotopic (exact) mass is 502 g/mol. The Bertz CT molecular complexity index is 1510. The number of nitriles is 1. The molecule has 172 valence electrons. The first-order valence-corrected chi connectivity index (χ1v) is 11.2. The summed E-state index contributed by atoms with van der Waals surface area (Å²) in [6.45, 7) is 0.312. The number of rotatable bonds is 7. The van der Waals surface area contributed by atoms with E-state index in [1.54, 1.807) is 42.6 Å². The number of hydrogen-bond acceptors (Lipinski definition) is 6. The highest BCUT2D eigenvalue weighted by Crippen LogP contribution is 2.42. The van der Waals surface area contributed by atoms with Crippen molar-refractivity contribution in [3.63, 3.8) is 0 Å². The molecule has 0 N–H and O–H groups in total. The smallest absolute Gasteiger partial charge is 0.238 e. The zero-order chi connectivity index (χ0) is 24.2. The Morgan fingerprint density at radius 1 is 0.943 bits per heavy atom. The van der Waals surface area contributed by atoms with Gasteiger partial charge in [-0.05, 0) is 66.2 Å². The van der Waals surface area contributed by atoms with Crippen LogP contribution in [0.25, 0.3) is 22.8 Å². The second kappa shape index (κ2) is 9.98. The Hall–Kier alpha value is -4.18. The molecule has 0 spiro atoms. The van der Waals surface area contributed by atoms with E-state index in [0.29, 0.717) is 45.2 Å². The number of halogens is 2. The average Bonchev–Trinajstić information content (AvgIpc) is 3.63. The topological polar surface area (TPSA) is 84.8 Å². The van der Waals surface area contributed by atoms with Gasteiger partial charge < -0.3 is 18.0 Å². The normalized spacial score (nSPS) is 11.1. The molecule has 0 atom stereocenters. The average molecular weight is 503 g/mol. The van der Waals surface area contributed by atoms with Gasteiger partial charge >= 0.3 is 0 Å². The highest BCUT2D eigenvalue weighted by atomic mass is 35.5. The summed E-state index contributed by atoms with van der Waals surface area (Å²) >= 11 is 12.1. The Kier molecular flexibility index (Phi) is 6.44. The van der Waals surface area contributed by atoms with Gasteiger partial charge in [-0.15, -0.1) is 0 Å². The van der Waals surface area contributed by atoms with E-state index in [-0.39, 0.29) is 11.4 Å². The van der Waals surface area contributed by atoms with Gasteiger partial charge in [0.1, 0.15) is 29.7 Å². The Morgan fingerprint density at radius 3 is 2.34 bits per heavy atom. The van der Waals surface area contributed by atoms with Crippen molar-refractivity contribution in [1.29, 1.82) is 5.26 Å². The largest absolute Gasteiger partial charge is 0.489 e. The first kappa shape index (κ1) is 22.6. The fraction of sp³-hybridized carbons (Fsp3) is 0.0370. The number of aliphatic imine (C=N–C) groups is 1. The Labute approximate surface area is 210 Å². The van der Waals surface area contributed by atoms with Gasteiger partial charge in [0.25, 0.3) is 0 Å². The number of nitrogens with zero attached hydrogens (tertiary/aromatic N) is 2. The molecule has 3 heterocycles. The highest BCUT2D eigenvalue weighted by molar-refractivity contribution is 6.35. The first-order valence-electron chi connectivity index (χ1n) is 10.5. The maximum absolute atomic E-state index is 9.84. The molecule has 0 bridgehead atoms. The van der Waals surface area contributed by atoms with E-state index in [1.807, 2.05) is 30.3 Å². The summed E-state index contributed by atoms with van der Waals surface area (Å²) < 4.78 is 22.8.